The molecule has 0 saturated heterocycles. The Bertz CT molecular complexity index is 2550. The van der Waals surface area contributed by atoms with Crippen LogP contribution in [0.15, 0.2) is 144 Å². The van der Waals surface area contributed by atoms with Crippen LogP contribution in [0.3, 0.4) is 0 Å². The number of benzene rings is 4. The summed E-state index contributed by atoms with van der Waals surface area (Å²) in [4.78, 5) is 41.9. The lowest BCUT2D eigenvalue weighted by Crippen LogP contribution is -2.29. The van der Waals surface area contributed by atoms with E-state index < -0.39 is 0 Å². The van der Waals surface area contributed by atoms with Crippen molar-refractivity contribution in [3.63, 3.8) is 0 Å². The van der Waals surface area contributed by atoms with Gasteiger partial charge in [-0.3, -0.25) is 14.6 Å². The van der Waals surface area contributed by atoms with E-state index in [9.17, 15) is 9.59 Å². The van der Waals surface area contributed by atoms with E-state index >= 15 is 0 Å². The van der Waals surface area contributed by atoms with E-state index in [1.807, 2.05) is 112 Å². The highest BCUT2D eigenvalue weighted by Crippen LogP contribution is 2.28. The topological polar surface area (TPSA) is 175 Å². The lowest BCUT2D eigenvalue weighted by atomic mass is 10.0. The third-order valence-electron chi connectivity index (χ3n) is 9.83. The van der Waals surface area contributed by atoms with Gasteiger partial charge < -0.3 is 39.6 Å². The Hall–Kier alpha value is -6.68. The van der Waals surface area contributed by atoms with Gasteiger partial charge in [-0.2, -0.15) is 0 Å². The van der Waals surface area contributed by atoms with Crippen molar-refractivity contribution in [2.24, 2.45) is 10.3 Å². The molecule has 352 valence electrons. The van der Waals surface area contributed by atoms with Gasteiger partial charge in [0.2, 0.25) is 5.88 Å². The Morgan fingerprint density at radius 2 is 1.06 bits per heavy atom. The van der Waals surface area contributed by atoms with Gasteiger partial charge in [-0.25, -0.2) is 4.98 Å². The highest BCUT2D eigenvalue weighted by atomic mass is 35.5. The van der Waals surface area contributed by atoms with E-state index in [1.54, 1.807) is 42.6 Å². The van der Waals surface area contributed by atoms with Crippen molar-refractivity contribution in [2.45, 2.75) is 59.4 Å². The molecule has 3 N–H and O–H groups in total. The summed E-state index contributed by atoms with van der Waals surface area (Å²) >= 11 is 12.5. The molecular formula is C51H56Cl2N6O8. The van der Waals surface area contributed by atoms with Gasteiger partial charge in [0.1, 0.15) is 25.8 Å². The van der Waals surface area contributed by atoms with Gasteiger partial charge in [-0.05, 0) is 55.2 Å². The predicted molar refractivity (Wildman–Crippen MR) is 261 cm³/mol. The zero-order valence-corrected chi connectivity index (χ0v) is 40.0. The minimum atomic E-state index is -0.366. The third kappa shape index (κ3) is 16.6. The molecule has 2 unspecified atom stereocenters. The number of ether oxygens (including phenoxy) is 3. The molecule has 0 bridgehead atoms. The Labute approximate surface area is 401 Å². The van der Waals surface area contributed by atoms with Crippen LogP contribution < -0.4 is 15.4 Å². The number of rotatable bonds is 18. The largest absolute Gasteiger partial charge is 0.472 e. The smallest absolute Gasteiger partial charge is 0.273 e. The molecule has 67 heavy (non-hydrogen) atoms. The number of aryl methyl sites for hydroxylation is 1. The molecule has 0 fully saturated rings. The first-order chi connectivity index (χ1) is 32.4. The number of halogens is 2. The van der Waals surface area contributed by atoms with Gasteiger partial charge in [0, 0.05) is 48.7 Å². The second kappa shape index (κ2) is 28.4. The molecule has 2 heterocycles. The predicted octanol–water partition coefficient (Wildman–Crippen LogP) is 9.28. The maximum absolute atomic E-state index is 12.2. The lowest BCUT2D eigenvalue weighted by Gasteiger charge is -2.15. The number of nitrogens with one attached hydrogen (secondary N) is 2. The molecule has 0 saturated carbocycles. The van der Waals surface area contributed by atoms with Crippen molar-refractivity contribution >= 4 is 46.4 Å². The summed E-state index contributed by atoms with van der Waals surface area (Å²) in [5.74, 6) is -0.437. The molecule has 0 aliphatic carbocycles. The number of carbonyl (C=O) groups excluding carboxylic acids is 2. The zero-order valence-electron chi connectivity index (χ0n) is 38.5. The summed E-state index contributed by atoms with van der Waals surface area (Å²) in [6.07, 6.45) is 3.29. The molecule has 0 radical (unpaired) electrons. The van der Waals surface area contributed by atoms with Gasteiger partial charge in [0.05, 0.1) is 42.7 Å². The maximum atomic E-state index is 12.2. The number of oxime groups is 2. The Morgan fingerprint density at radius 3 is 1.51 bits per heavy atom. The monoisotopic (exact) mass is 950 g/mol. The number of aliphatic hydroxyl groups is 1. The van der Waals surface area contributed by atoms with E-state index in [1.165, 1.54) is 28.3 Å². The van der Waals surface area contributed by atoms with Crippen molar-refractivity contribution in [3.8, 4) is 5.88 Å². The second-order valence-electron chi connectivity index (χ2n) is 14.4. The van der Waals surface area contributed by atoms with E-state index in [2.05, 4.69) is 35.8 Å². The lowest BCUT2D eigenvalue weighted by molar-refractivity contribution is -0.115. The van der Waals surface area contributed by atoms with Gasteiger partial charge >= 0.3 is 0 Å². The van der Waals surface area contributed by atoms with Gasteiger partial charge in [-0.1, -0.05) is 143 Å². The van der Waals surface area contributed by atoms with Crippen LogP contribution in [0.25, 0.3) is 0 Å². The fourth-order valence-electron chi connectivity index (χ4n) is 6.05. The van der Waals surface area contributed by atoms with Crippen LogP contribution >= 0.6 is 23.2 Å². The Morgan fingerprint density at radius 1 is 0.627 bits per heavy atom. The van der Waals surface area contributed by atoms with Crippen LogP contribution in [0.2, 0.25) is 10.0 Å². The number of pyridine rings is 2. The second-order valence-corrected chi connectivity index (χ2v) is 15.2. The molecule has 2 amide bonds. The first-order valence-electron chi connectivity index (χ1n) is 21.1. The Balaban J connectivity index is 0.000000242. The van der Waals surface area contributed by atoms with Crippen LogP contribution in [-0.4, -0.2) is 66.6 Å². The minimum absolute atomic E-state index is 0.0178. The average Bonchev–Trinajstić information content (AvgIpc) is 3.36. The Kier molecular flexibility index (Phi) is 22.4. The molecular weight excluding hydrogens is 896 g/mol. The summed E-state index contributed by atoms with van der Waals surface area (Å²) in [7, 11) is 5.79. The maximum Gasteiger partial charge on any atom is 0.273 e. The minimum Gasteiger partial charge on any atom is -0.472 e. The number of amides is 2. The van der Waals surface area contributed by atoms with E-state index in [0.717, 1.165) is 33.5 Å². The zero-order chi connectivity index (χ0) is 48.6. The van der Waals surface area contributed by atoms with Gasteiger partial charge in [-0.15, -0.1) is 0 Å². The van der Waals surface area contributed by atoms with Gasteiger partial charge in [0.15, 0.2) is 11.4 Å². The first-order valence-corrected chi connectivity index (χ1v) is 21.8. The van der Waals surface area contributed by atoms with Crippen molar-refractivity contribution in [1.29, 1.82) is 0 Å². The average molecular weight is 952 g/mol. The molecule has 4 aromatic carbocycles. The fourth-order valence-corrected chi connectivity index (χ4v) is 6.46. The normalized spacial score (nSPS) is 12.0. The number of hydrogen-bond acceptors (Lipinski definition) is 12. The van der Waals surface area contributed by atoms with Crippen LogP contribution in [-0.2, 0) is 55.2 Å². The molecule has 0 aliphatic heterocycles. The van der Waals surface area contributed by atoms with E-state index in [0.29, 0.717) is 39.9 Å². The summed E-state index contributed by atoms with van der Waals surface area (Å²) in [5.41, 5.74) is 7.76. The molecule has 6 aromatic rings. The van der Waals surface area contributed by atoms with Crippen molar-refractivity contribution in [1.82, 2.24) is 20.6 Å². The number of nitrogens with zero attached hydrogens (tertiary/aromatic N) is 4. The number of hydrogen-bond donors (Lipinski definition) is 3. The third-order valence-corrected chi connectivity index (χ3v) is 10.5. The number of aromatic nitrogens is 2. The van der Waals surface area contributed by atoms with Crippen LogP contribution in [0.5, 0.6) is 5.88 Å². The molecule has 2 atom stereocenters. The quantitative estimate of drug-likeness (QED) is 0.0556. The first kappa shape index (κ1) is 52.9. The van der Waals surface area contributed by atoms with Crippen LogP contribution in [0.4, 0.5) is 0 Å². The molecule has 14 nitrogen and oxygen atoms in total. The molecule has 2 aromatic heterocycles. The summed E-state index contributed by atoms with van der Waals surface area (Å²) in [6.45, 7) is 6.91. The number of likely N-dealkylation sites (N-methyl/N-ethyl adjacent to an activating group) is 2. The number of aliphatic hydroxyl groups excluding tert-OH is 1. The highest BCUT2D eigenvalue weighted by molar-refractivity contribution is 6.46. The van der Waals surface area contributed by atoms with Crippen molar-refractivity contribution < 1.29 is 38.6 Å². The van der Waals surface area contributed by atoms with Crippen molar-refractivity contribution in [3.05, 3.63) is 194 Å². The summed E-state index contributed by atoms with van der Waals surface area (Å²) in [5, 5.41) is 22.8. The summed E-state index contributed by atoms with van der Waals surface area (Å²) < 4.78 is 17.6. The molecule has 0 aliphatic rings. The molecule has 0 spiro atoms. The van der Waals surface area contributed by atoms with Crippen molar-refractivity contribution in [2.75, 3.05) is 28.3 Å². The van der Waals surface area contributed by atoms with Crippen LogP contribution in [0.1, 0.15) is 76.3 Å². The SMILES string of the molecule is CNC(=O)/C(=N/OC)c1ccccc1CO.CNC(=O)/C(=N/OC)c1ccccc1COc1ncc(C(C)OCc2ccccc2)cc1Cl.Cc1ncc(C(C)OCc2ccccc2)cc1Cl. The fraction of sp³-hybridized carbons (Fsp3) is 0.255. The molecule has 6 rings (SSSR count). The number of carbonyl (C=O) groups is 2. The van der Waals surface area contributed by atoms with Crippen LogP contribution in [0, 0.1) is 6.92 Å². The summed E-state index contributed by atoms with van der Waals surface area (Å²) in [6, 6.07) is 38.0. The van der Waals surface area contributed by atoms with E-state index in [4.69, 9.17) is 47.4 Å². The van der Waals surface area contributed by atoms with Gasteiger partial charge in [0.25, 0.3) is 11.8 Å². The molecule has 16 heteroatoms. The highest BCUT2D eigenvalue weighted by Gasteiger charge is 2.19. The standard InChI is InChI=1S/C25H26ClN3O4.C15H16ClNO.C11H14N2O3/c1-17(32-15-18-9-5-4-6-10-18)20-13-22(26)25(28-14-20)33-16-19-11-7-8-12-21(19)23(29-31-3)24(30)27-2;1-11-15(16)8-14(9-17-11)12(2)18-10-13-6-4-3-5-7-13;1-12-11(15)10(13-16-2)9-6-4-3-5-8(9)7-14/h4-14,17H,15-16H2,1-3H3,(H,27,30);3-9,12H,10H2,1-2H3;3-6,14H,7H2,1-2H3,(H,12,15)/b29-23+;;13-10+. The van der Waals surface area contributed by atoms with E-state index in [-0.39, 0.29) is 54.5 Å².